The van der Waals surface area contributed by atoms with Crippen molar-refractivity contribution >= 4 is 0 Å². The largest absolute Gasteiger partial charge is 0.496 e. The Morgan fingerprint density at radius 1 is 1.40 bits per heavy atom. The predicted octanol–water partition coefficient (Wildman–Crippen LogP) is 3.10. The van der Waals surface area contributed by atoms with Gasteiger partial charge in [0.25, 0.3) is 0 Å². The van der Waals surface area contributed by atoms with Crippen LogP contribution in [0.1, 0.15) is 37.8 Å². The molecule has 0 amide bonds. The maximum atomic E-state index is 6.10. The molecule has 1 aromatic heterocycles. The number of rotatable bonds is 5. The normalized spacial score (nSPS) is 14.1. The highest BCUT2D eigenvalue weighted by molar-refractivity contribution is 5.58. The smallest absolute Gasteiger partial charge is 0.244 e. The second kappa shape index (κ2) is 6.05. The Bertz CT molecular complexity index is 580. The summed E-state index contributed by atoms with van der Waals surface area (Å²) < 4.78 is 10.5. The molecule has 0 aliphatic rings. The number of hydrogen-bond acceptors (Lipinski definition) is 5. The average molecular weight is 275 g/mol. The zero-order valence-corrected chi connectivity index (χ0v) is 12.4. The molecule has 2 rings (SSSR count). The summed E-state index contributed by atoms with van der Waals surface area (Å²) >= 11 is 0. The molecule has 2 atom stereocenters. The summed E-state index contributed by atoms with van der Waals surface area (Å²) in [6.07, 6.45) is 0.973. The fourth-order valence-electron chi connectivity index (χ4n) is 2.00. The molecule has 108 valence electrons. The highest BCUT2D eigenvalue weighted by Crippen LogP contribution is 2.26. The fourth-order valence-corrected chi connectivity index (χ4v) is 2.00. The quantitative estimate of drug-likeness (QED) is 0.907. The van der Waals surface area contributed by atoms with Gasteiger partial charge in [-0.25, -0.2) is 0 Å². The molecule has 0 fully saturated rings. The molecule has 1 heterocycles. The van der Waals surface area contributed by atoms with Crippen LogP contribution in [0.25, 0.3) is 11.4 Å². The Morgan fingerprint density at radius 3 is 2.75 bits per heavy atom. The summed E-state index contributed by atoms with van der Waals surface area (Å²) in [4.78, 5) is 4.40. The van der Waals surface area contributed by atoms with Gasteiger partial charge in [-0.3, -0.25) is 0 Å². The first-order valence-corrected chi connectivity index (χ1v) is 6.81. The zero-order valence-electron chi connectivity index (χ0n) is 12.4. The van der Waals surface area contributed by atoms with E-state index in [0.717, 1.165) is 23.3 Å². The second-order valence-corrected chi connectivity index (χ2v) is 5.05. The van der Waals surface area contributed by atoms with Gasteiger partial charge in [0.2, 0.25) is 11.7 Å². The van der Waals surface area contributed by atoms with Crippen LogP contribution in [0.3, 0.4) is 0 Å². The van der Waals surface area contributed by atoms with Crippen molar-refractivity contribution in [2.75, 3.05) is 7.11 Å². The Hall–Kier alpha value is -1.88. The summed E-state index contributed by atoms with van der Waals surface area (Å²) in [5.74, 6) is 2.20. The van der Waals surface area contributed by atoms with E-state index < -0.39 is 0 Å². The van der Waals surface area contributed by atoms with Gasteiger partial charge < -0.3 is 15.0 Å². The molecule has 0 aliphatic heterocycles. The van der Waals surface area contributed by atoms with Crippen molar-refractivity contribution in [2.24, 2.45) is 11.7 Å². The third-order valence-electron chi connectivity index (χ3n) is 3.64. The average Bonchev–Trinajstić information content (AvgIpc) is 2.95. The van der Waals surface area contributed by atoms with E-state index in [2.05, 4.69) is 24.0 Å². The van der Waals surface area contributed by atoms with Gasteiger partial charge in [0.15, 0.2) is 0 Å². The van der Waals surface area contributed by atoms with Crippen molar-refractivity contribution in [3.8, 4) is 17.1 Å². The van der Waals surface area contributed by atoms with Gasteiger partial charge in [-0.15, -0.1) is 0 Å². The molecule has 2 aromatic rings. The van der Waals surface area contributed by atoms with Crippen LogP contribution in [0.2, 0.25) is 0 Å². The van der Waals surface area contributed by atoms with Gasteiger partial charge in [-0.05, 0) is 36.6 Å². The molecule has 0 saturated carbocycles. The number of ether oxygens (including phenoxy) is 1. The minimum absolute atomic E-state index is 0.222. The SMILES string of the molecule is CCC(C)C(N)c1nc(-c2ccc(OC)c(C)c2)no1. The fraction of sp³-hybridized carbons (Fsp3) is 0.467. The molecular formula is C15H21N3O2. The van der Waals surface area contributed by atoms with E-state index in [0.29, 0.717) is 17.6 Å². The minimum atomic E-state index is -0.222. The van der Waals surface area contributed by atoms with E-state index >= 15 is 0 Å². The third-order valence-corrected chi connectivity index (χ3v) is 3.64. The molecule has 0 radical (unpaired) electrons. The number of nitrogens with zero attached hydrogens (tertiary/aromatic N) is 2. The maximum Gasteiger partial charge on any atom is 0.244 e. The number of hydrogen-bond donors (Lipinski definition) is 1. The van der Waals surface area contributed by atoms with Crippen LogP contribution < -0.4 is 10.5 Å². The van der Waals surface area contributed by atoms with Crippen LogP contribution in [0.15, 0.2) is 22.7 Å². The van der Waals surface area contributed by atoms with Gasteiger partial charge in [0.05, 0.1) is 13.2 Å². The van der Waals surface area contributed by atoms with E-state index in [-0.39, 0.29) is 6.04 Å². The summed E-state index contributed by atoms with van der Waals surface area (Å²) in [6.45, 7) is 6.15. The number of benzene rings is 1. The maximum absolute atomic E-state index is 6.10. The Morgan fingerprint density at radius 2 is 2.15 bits per heavy atom. The van der Waals surface area contributed by atoms with Gasteiger partial charge >= 0.3 is 0 Å². The lowest BCUT2D eigenvalue weighted by molar-refractivity contribution is 0.312. The summed E-state index contributed by atoms with van der Waals surface area (Å²) in [5.41, 5.74) is 8.03. The van der Waals surface area contributed by atoms with Crippen molar-refractivity contribution in [1.29, 1.82) is 0 Å². The molecule has 20 heavy (non-hydrogen) atoms. The van der Waals surface area contributed by atoms with E-state index in [1.165, 1.54) is 0 Å². The molecule has 5 heteroatoms. The molecule has 0 aliphatic carbocycles. The summed E-state index contributed by atoms with van der Waals surface area (Å²) in [7, 11) is 1.65. The zero-order chi connectivity index (χ0) is 14.7. The number of nitrogens with two attached hydrogens (primary N) is 1. The van der Waals surface area contributed by atoms with Crippen molar-refractivity contribution < 1.29 is 9.26 Å². The van der Waals surface area contributed by atoms with Crippen molar-refractivity contribution in [2.45, 2.75) is 33.2 Å². The summed E-state index contributed by atoms with van der Waals surface area (Å²) in [5, 5.41) is 4.01. The molecule has 1 aromatic carbocycles. The van der Waals surface area contributed by atoms with Crippen LogP contribution in [0, 0.1) is 12.8 Å². The van der Waals surface area contributed by atoms with Crippen LogP contribution >= 0.6 is 0 Å². The van der Waals surface area contributed by atoms with Crippen LogP contribution in [0.5, 0.6) is 5.75 Å². The van der Waals surface area contributed by atoms with Crippen LogP contribution in [0.4, 0.5) is 0 Å². The number of aryl methyl sites for hydroxylation is 1. The molecule has 0 bridgehead atoms. The van der Waals surface area contributed by atoms with E-state index in [4.69, 9.17) is 15.0 Å². The highest BCUT2D eigenvalue weighted by Gasteiger charge is 2.20. The Kier molecular flexibility index (Phi) is 4.39. The molecule has 2 unspecified atom stereocenters. The lowest BCUT2D eigenvalue weighted by Crippen LogP contribution is -2.18. The first-order valence-electron chi connectivity index (χ1n) is 6.81. The topological polar surface area (TPSA) is 74.2 Å². The van der Waals surface area contributed by atoms with Crippen LogP contribution in [-0.2, 0) is 0 Å². The van der Waals surface area contributed by atoms with E-state index in [9.17, 15) is 0 Å². The van der Waals surface area contributed by atoms with E-state index in [1.54, 1.807) is 7.11 Å². The number of aromatic nitrogens is 2. The first-order chi connectivity index (χ1) is 9.56. The lowest BCUT2D eigenvalue weighted by Gasteiger charge is -2.12. The Balaban J connectivity index is 2.26. The molecule has 2 N–H and O–H groups in total. The molecular weight excluding hydrogens is 254 g/mol. The third kappa shape index (κ3) is 2.82. The predicted molar refractivity (Wildman–Crippen MR) is 77.4 cm³/mol. The van der Waals surface area contributed by atoms with Gasteiger partial charge in [0.1, 0.15) is 5.75 Å². The number of methoxy groups -OCH3 is 1. The molecule has 5 nitrogen and oxygen atoms in total. The molecule has 0 spiro atoms. The van der Waals surface area contributed by atoms with Gasteiger partial charge in [-0.2, -0.15) is 4.98 Å². The Labute approximate surface area is 119 Å². The van der Waals surface area contributed by atoms with E-state index in [1.807, 2.05) is 25.1 Å². The van der Waals surface area contributed by atoms with Crippen molar-refractivity contribution in [1.82, 2.24) is 10.1 Å². The van der Waals surface area contributed by atoms with Crippen molar-refractivity contribution in [3.63, 3.8) is 0 Å². The first kappa shape index (κ1) is 14.5. The highest BCUT2D eigenvalue weighted by atomic mass is 16.5. The van der Waals surface area contributed by atoms with Crippen molar-refractivity contribution in [3.05, 3.63) is 29.7 Å². The van der Waals surface area contributed by atoms with Crippen LogP contribution in [-0.4, -0.2) is 17.3 Å². The minimum Gasteiger partial charge on any atom is -0.496 e. The standard InChI is InChI=1S/C15H21N3O2/c1-5-9(2)13(16)15-17-14(18-20-15)11-6-7-12(19-4)10(3)8-11/h6-9,13H,5,16H2,1-4H3. The van der Waals surface area contributed by atoms with Gasteiger partial charge in [-0.1, -0.05) is 25.4 Å². The van der Waals surface area contributed by atoms with Gasteiger partial charge in [0, 0.05) is 5.56 Å². The lowest BCUT2D eigenvalue weighted by atomic mass is 10.0. The summed E-state index contributed by atoms with van der Waals surface area (Å²) in [6, 6.07) is 5.56. The molecule has 0 saturated heterocycles. The second-order valence-electron chi connectivity index (χ2n) is 5.05. The monoisotopic (exact) mass is 275 g/mol.